The lowest BCUT2D eigenvalue weighted by Gasteiger charge is -2.33. The summed E-state index contributed by atoms with van der Waals surface area (Å²) in [5, 5.41) is 13.0. The van der Waals surface area contributed by atoms with Crippen LogP contribution in [0, 0.1) is 11.7 Å². The fraction of sp³-hybridized carbons (Fsp3) is 0.500. The van der Waals surface area contributed by atoms with Crippen LogP contribution in [0.5, 0.6) is 0 Å². The summed E-state index contributed by atoms with van der Waals surface area (Å²) in [6.45, 7) is 0.883. The van der Waals surface area contributed by atoms with Gasteiger partial charge in [-0.3, -0.25) is 9.48 Å². The van der Waals surface area contributed by atoms with Gasteiger partial charge in [0, 0.05) is 31.6 Å². The van der Waals surface area contributed by atoms with Gasteiger partial charge in [-0.2, -0.15) is 18.3 Å². The molecule has 4 rings (SSSR count). The fourth-order valence-electron chi connectivity index (χ4n) is 4.60. The van der Waals surface area contributed by atoms with Gasteiger partial charge in [-0.05, 0) is 42.9 Å². The number of nitrogens with zero attached hydrogens (tertiary/aromatic N) is 4. The summed E-state index contributed by atoms with van der Waals surface area (Å²) in [7, 11) is 0. The molecule has 1 unspecified atom stereocenters. The predicted octanol–water partition coefficient (Wildman–Crippen LogP) is 3.75. The molecule has 1 N–H and O–H groups in total. The Morgan fingerprint density at radius 2 is 1.85 bits per heavy atom. The molecule has 33 heavy (non-hydrogen) atoms. The Balaban J connectivity index is 1.52. The number of hydrogen-bond acceptors (Lipinski definition) is 3. The van der Waals surface area contributed by atoms with E-state index in [-0.39, 0.29) is 56.4 Å². The Morgan fingerprint density at radius 3 is 2.52 bits per heavy atom. The molecule has 0 aliphatic carbocycles. The monoisotopic (exact) mass is 468 g/mol. The van der Waals surface area contributed by atoms with Gasteiger partial charge in [0.15, 0.2) is 5.69 Å². The Hall–Kier alpha value is -3.11. The molecule has 1 fully saturated rings. The van der Waals surface area contributed by atoms with E-state index in [2.05, 4.69) is 5.10 Å². The summed E-state index contributed by atoms with van der Waals surface area (Å²) in [4.78, 5) is 27.0. The number of hydrogen-bond donors (Lipinski definition) is 1. The highest BCUT2D eigenvalue weighted by molar-refractivity contribution is 5.77. The van der Waals surface area contributed by atoms with Gasteiger partial charge in [0.1, 0.15) is 5.82 Å². The first kappa shape index (κ1) is 23.1. The number of benzene rings is 1. The van der Waals surface area contributed by atoms with E-state index in [0.29, 0.717) is 24.2 Å². The number of aromatic nitrogens is 2. The van der Waals surface area contributed by atoms with Crippen LogP contribution in [0.3, 0.4) is 0 Å². The minimum Gasteiger partial charge on any atom is -0.465 e. The third-order valence-electron chi connectivity index (χ3n) is 6.26. The fourth-order valence-corrected chi connectivity index (χ4v) is 4.60. The van der Waals surface area contributed by atoms with Gasteiger partial charge in [0.05, 0.1) is 18.8 Å². The first-order chi connectivity index (χ1) is 15.6. The normalized spacial score (nSPS) is 18.8. The van der Waals surface area contributed by atoms with E-state index < -0.39 is 23.8 Å². The molecule has 2 aromatic rings. The van der Waals surface area contributed by atoms with Crippen molar-refractivity contribution in [2.75, 3.05) is 19.6 Å². The van der Waals surface area contributed by atoms with Crippen molar-refractivity contribution in [2.24, 2.45) is 5.92 Å². The number of carboxylic acid groups (broad SMARTS) is 1. The van der Waals surface area contributed by atoms with E-state index in [1.165, 1.54) is 38.7 Å². The molecule has 0 radical (unpaired) electrons. The molecule has 2 aliphatic heterocycles. The third kappa shape index (κ3) is 5.12. The highest BCUT2D eigenvalue weighted by Crippen LogP contribution is 2.35. The zero-order valence-electron chi connectivity index (χ0n) is 17.8. The Bertz CT molecular complexity index is 1040. The smallest absolute Gasteiger partial charge is 0.435 e. The van der Waals surface area contributed by atoms with E-state index >= 15 is 0 Å². The van der Waals surface area contributed by atoms with E-state index in [9.17, 15) is 32.3 Å². The zero-order valence-corrected chi connectivity index (χ0v) is 17.8. The van der Waals surface area contributed by atoms with E-state index in [1.54, 1.807) is 0 Å². The number of alkyl halides is 3. The van der Waals surface area contributed by atoms with Gasteiger partial charge in [-0.1, -0.05) is 12.1 Å². The van der Waals surface area contributed by atoms with Crippen LogP contribution in [0.15, 0.2) is 24.3 Å². The van der Waals surface area contributed by atoms with Crippen molar-refractivity contribution in [1.29, 1.82) is 0 Å². The average molecular weight is 468 g/mol. The van der Waals surface area contributed by atoms with Gasteiger partial charge in [0.25, 0.3) is 0 Å². The standard InChI is InChI=1S/C22H24F4N4O3/c23-16-5-3-14(4-6-16)12-30-18-13-28(9-7-17(18)20(27-30)22(24,25)26)19(31)10-15-2-1-8-29(11-15)21(32)33/h3-6,15H,1-2,7-13H2,(H,32,33). The van der Waals surface area contributed by atoms with Crippen molar-refractivity contribution < 1.29 is 32.3 Å². The molecule has 0 spiro atoms. The first-order valence-electron chi connectivity index (χ1n) is 10.8. The van der Waals surface area contributed by atoms with Crippen molar-refractivity contribution in [1.82, 2.24) is 19.6 Å². The molecule has 2 amide bonds. The van der Waals surface area contributed by atoms with Crippen molar-refractivity contribution in [2.45, 2.75) is 44.9 Å². The molecule has 7 nitrogen and oxygen atoms in total. The largest absolute Gasteiger partial charge is 0.465 e. The van der Waals surface area contributed by atoms with Crippen LogP contribution in [-0.2, 0) is 30.5 Å². The summed E-state index contributed by atoms with van der Waals surface area (Å²) in [5.74, 6) is -0.766. The number of piperidine rings is 1. The summed E-state index contributed by atoms with van der Waals surface area (Å²) in [6.07, 6.45) is -4.04. The van der Waals surface area contributed by atoms with Gasteiger partial charge in [-0.15, -0.1) is 0 Å². The maximum absolute atomic E-state index is 13.6. The quantitative estimate of drug-likeness (QED) is 0.694. The molecule has 178 valence electrons. The number of likely N-dealkylation sites (tertiary alicyclic amines) is 1. The third-order valence-corrected chi connectivity index (χ3v) is 6.26. The Labute approximate surface area is 187 Å². The van der Waals surface area contributed by atoms with Crippen LogP contribution in [0.25, 0.3) is 0 Å². The van der Waals surface area contributed by atoms with Gasteiger partial charge in [0.2, 0.25) is 5.91 Å². The molecule has 1 aromatic heterocycles. The van der Waals surface area contributed by atoms with Crippen molar-refractivity contribution in [3.63, 3.8) is 0 Å². The van der Waals surface area contributed by atoms with Crippen LogP contribution in [0.1, 0.15) is 41.8 Å². The van der Waals surface area contributed by atoms with Crippen molar-refractivity contribution in [3.05, 3.63) is 52.6 Å². The van der Waals surface area contributed by atoms with Crippen LogP contribution in [0.2, 0.25) is 0 Å². The maximum Gasteiger partial charge on any atom is 0.435 e. The number of rotatable bonds is 4. The molecule has 0 saturated carbocycles. The SMILES string of the molecule is O=C(O)N1CCCC(CC(=O)N2CCc3c(C(F)(F)F)nn(Cc4ccc(F)cc4)c3C2)C1. The second-order valence-corrected chi connectivity index (χ2v) is 8.56. The van der Waals surface area contributed by atoms with Gasteiger partial charge < -0.3 is 14.9 Å². The second kappa shape index (κ2) is 9.03. The maximum atomic E-state index is 13.6. The predicted molar refractivity (Wildman–Crippen MR) is 109 cm³/mol. The van der Waals surface area contributed by atoms with Crippen LogP contribution in [-0.4, -0.2) is 56.3 Å². The van der Waals surface area contributed by atoms with E-state index in [1.807, 2.05) is 0 Å². The Morgan fingerprint density at radius 1 is 1.12 bits per heavy atom. The summed E-state index contributed by atoms with van der Waals surface area (Å²) < 4.78 is 55.2. The molecule has 3 heterocycles. The number of carbonyl (C=O) groups is 2. The number of carbonyl (C=O) groups excluding carboxylic acids is 1. The van der Waals surface area contributed by atoms with Crippen LogP contribution < -0.4 is 0 Å². The highest BCUT2D eigenvalue weighted by atomic mass is 19.4. The molecular weight excluding hydrogens is 444 g/mol. The summed E-state index contributed by atoms with van der Waals surface area (Å²) in [6, 6.07) is 5.44. The molecule has 1 saturated heterocycles. The summed E-state index contributed by atoms with van der Waals surface area (Å²) in [5.41, 5.74) is 0.0522. The molecule has 0 bridgehead atoms. The lowest BCUT2D eigenvalue weighted by molar-refractivity contribution is -0.142. The van der Waals surface area contributed by atoms with Crippen molar-refractivity contribution >= 4 is 12.0 Å². The van der Waals surface area contributed by atoms with Crippen LogP contribution in [0.4, 0.5) is 22.4 Å². The van der Waals surface area contributed by atoms with E-state index in [4.69, 9.17) is 0 Å². The zero-order chi connectivity index (χ0) is 23.8. The number of amides is 2. The van der Waals surface area contributed by atoms with Gasteiger partial charge in [-0.25, -0.2) is 9.18 Å². The van der Waals surface area contributed by atoms with E-state index in [0.717, 1.165) is 6.42 Å². The lowest BCUT2D eigenvalue weighted by atomic mass is 9.94. The second-order valence-electron chi connectivity index (χ2n) is 8.56. The number of halogens is 4. The van der Waals surface area contributed by atoms with Crippen molar-refractivity contribution in [3.8, 4) is 0 Å². The molecular formula is C22H24F4N4O3. The number of fused-ring (bicyclic) bond motifs is 1. The molecule has 2 aliphatic rings. The molecule has 11 heteroatoms. The minimum absolute atomic E-state index is 0.00614. The highest BCUT2D eigenvalue weighted by Gasteiger charge is 2.41. The lowest BCUT2D eigenvalue weighted by Crippen LogP contribution is -2.42. The molecule has 1 atom stereocenters. The first-order valence-corrected chi connectivity index (χ1v) is 10.8. The topological polar surface area (TPSA) is 78.7 Å². The van der Waals surface area contributed by atoms with Crippen LogP contribution >= 0.6 is 0 Å². The Kier molecular flexibility index (Phi) is 6.31. The molecule has 1 aromatic carbocycles. The van der Waals surface area contributed by atoms with Gasteiger partial charge >= 0.3 is 12.3 Å². The summed E-state index contributed by atoms with van der Waals surface area (Å²) >= 11 is 0. The minimum atomic E-state index is -4.62. The average Bonchev–Trinajstić information content (AvgIpc) is 3.13.